The number of carbonyl (C=O) groups excluding carboxylic acids is 1. The number of para-hydroxylation sites is 2. The third kappa shape index (κ3) is 2.38. The van der Waals surface area contributed by atoms with Crippen LogP contribution in [0.1, 0.15) is 58.8 Å². The summed E-state index contributed by atoms with van der Waals surface area (Å²) >= 11 is 0. The van der Waals surface area contributed by atoms with Crippen molar-refractivity contribution >= 4 is 23.0 Å². The van der Waals surface area contributed by atoms with Crippen LogP contribution in [0.25, 0.3) is 16.7 Å². The van der Waals surface area contributed by atoms with Crippen molar-refractivity contribution in [2.24, 2.45) is 34.5 Å². The lowest BCUT2D eigenvalue weighted by molar-refractivity contribution is -0.110. The molecule has 156 valence electrons. The maximum absolute atomic E-state index is 11.4. The number of nitrogens with zero attached hydrogens (tertiary/aromatic N) is 2. The van der Waals surface area contributed by atoms with Gasteiger partial charge in [-0.25, -0.2) is 4.98 Å². The van der Waals surface area contributed by atoms with Crippen molar-refractivity contribution in [1.29, 1.82) is 0 Å². The molecule has 1 heterocycles. The first-order valence-electron chi connectivity index (χ1n) is 11.8. The molecule has 0 spiro atoms. The second kappa shape index (κ2) is 6.42. The Morgan fingerprint density at radius 3 is 2.77 bits per heavy atom. The van der Waals surface area contributed by atoms with Crippen molar-refractivity contribution in [3.63, 3.8) is 0 Å². The van der Waals surface area contributed by atoms with Crippen LogP contribution in [0.4, 0.5) is 0 Å². The average Bonchev–Trinajstić information content (AvgIpc) is 3.33. The fourth-order valence-electron chi connectivity index (χ4n) is 7.93. The van der Waals surface area contributed by atoms with Gasteiger partial charge in [0, 0.05) is 17.0 Å². The summed E-state index contributed by atoms with van der Waals surface area (Å²) in [4.78, 5) is 16.1. The largest absolute Gasteiger partial charge is 0.303 e. The van der Waals surface area contributed by atoms with Crippen molar-refractivity contribution in [2.45, 2.75) is 58.8 Å². The summed E-state index contributed by atoms with van der Waals surface area (Å²) < 4.78 is 2.38. The minimum Gasteiger partial charge on any atom is -0.303 e. The van der Waals surface area contributed by atoms with Gasteiger partial charge < -0.3 is 9.36 Å². The van der Waals surface area contributed by atoms with Gasteiger partial charge in [-0.1, -0.05) is 43.7 Å². The highest BCUT2D eigenvalue weighted by Gasteiger charge is 2.57. The second-order valence-corrected chi connectivity index (χ2v) is 10.7. The molecule has 1 aromatic carbocycles. The van der Waals surface area contributed by atoms with Crippen LogP contribution in [0.5, 0.6) is 0 Å². The summed E-state index contributed by atoms with van der Waals surface area (Å²) in [6, 6.07) is 8.52. The van der Waals surface area contributed by atoms with Crippen LogP contribution in [0.3, 0.4) is 0 Å². The summed E-state index contributed by atoms with van der Waals surface area (Å²) in [6.07, 6.45) is 16.6. The molecule has 1 aromatic heterocycles. The highest BCUT2D eigenvalue weighted by molar-refractivity contribution is 5.80. The second-order valence-electron chi connectivity index (χ2n) is 10.7. The van der Waals surface area contributed by atoms with E-state index in [-0.39, 0.29) is 11.3 Å². The van der Waals surface area contributed by atoms with E-state index >= 15 is 0 Å². The zero-order valence-electron chi connectivity index (χ0n) is 18.2. The predicted molar refractivity (Wildman–Crippen MR) is 121 cm³/mol. The Morgan fingerprint density at radius 1 is 1.07 bits per heavy atom. The first-order chi connectivity index (χ1) is 14.5. The molecular formula is C27H32N2O. The molecule has 0 amide bonds. The summed E-state index contributed by atoms with van der Waals surface area (Å²) in [5.74, 6) is 2.46. The maximum atomic E-state index is 11.4. The summed E-state index contributed by atoms with van der Waals surface area (Å²) in [5, 5.41) is 0. The van der Waals surface area contributed by atoms with E-state index in [1.165, 1.54) is 56.0 Å². The van der Waals surface area contributed by atoms with E-state index in [0.717, 1.165) is 29.7 Å². The monoisotopic (exact) mass is 400 g/mol. The lowest BCUT2D eigenvalue weighted by atomic mass is 9.47. The van der Waals surface area contributed by atoms with Gasteiger partial charge in [-0.2, -0.15) is 0 Å². The van der Waals surface area contributed by atoms with Gasteiger partial charge >= 0.3 is 0 Å². The molecule has 2 fully saturated rings. The Balaban J connectivity index is 1.34. The van der Waals surface area contributed by atoms with E-state index in [1.54, 1.807) is 5.57 Å². The zero-order valence-corrected chi connectivity index (χ0v) is 18.2. The highest BCUT2D eigenvalue weighted by Crippen LogP contribution is 2.66. The van der Waals surface area contributed by atoms with E-state index in [1.807, 2.05) is 6.33 Å². The Morgan fingerprint density at radius 2 is 1.90 bits per heavy atom. The average molecular weight is 401 g/mol. The molecule has 0 bridgehead atoms. The van der Waals surface area contributed by atoms with Gasteiger partial charge in [0.1, 0.15) is 12.6 Å². The number of imidazole rings is 1. The summed E-state index contributed by atoms with van der Waals surface area (Å²) in [7, 11) is 0. The maximum Gasteiger partial charge on any atom is 0.126 e. The first-order valence-corrected chi connectivity index (χ1v) is 11.8. The lowest BCUT2D eigenvalue weighted by Gasteiger charge is -2.58. The number of hydrogen-bond acceptors (Lipinski definition) is 2. The van der Waals surface area contributed by atoms with Crippen molar-refractivity contribution in [1.82, 2.24) is 9.55 Å². The Labute approximate surface area is 179 Å². The van der Waals surface area contributed by atoms with E-state index in [9.17, 15) is 4.79 Å². The van der Waals surface area contributed by atoms with Gasteiger partial charge in [0.2, 0.25) is 0 Å². The van der Waals surface area contributed by atoms with Crippen molar-refractivity contribution < 1.29 is 4.79 Å². The van der Waals surface area contributed by atoms with Crippen molar-refractivity contribution in [3.05, 3.63) is 48.3 Å². The molecule has 4 aliphatic rings. The molecule has 30 heavy (non-hydrogen) atoms. The van der Waals surface area contributed by atoms with Crippen LogP contribution in [0.15, 0.2) is 48.3 Å². The minimum atomic E-state index is 0.160. The van der Waals surface area contributed by atoms with Crippen LogP contribution < -0.4 is 0 Å². The fourth-order valence-corrected chi connectivity index (χ4v) is 7.93. The van der Waals surface area contributed by atoms with Gasteiger partial charge in [0.05, 0.1) is 11.0 Å². The molecule has 6 rings (SSSR count). The molecule has 2 aromatic rings. The van der Waals surface area contributed by atoms with Crippen LogP contribution in [0, 0.1) is 34.5 Å². The third-order valence-electron chi connectivity index (χ3n) is 9.58. The molecule has 0 radical (unpaired) electrons. The molecule has 0 N–H and O–H groups in total. The number of hydrogen-bond donors (Lipinski definition) is 0. The number of allylic oxidation sites excluding steroid dienone is 4. The third-order valence-corrected chi connectivity index (χ3v) is 9.58. The molecular weight excluding hydrogens is 368 g/mol. The number of fused-ring (bicyclic) bond motifs is 6. The highest BCUT2D eigenvalue weighted by atomic mass is 16.1. The van der Waals surface area contributed by atoms with Gasteiger partial charge in [-0.15, -0.1) is 0 Å². The Bertz CT molecular complexity index is 1080. The molecule has 0 saturated heterocycles. The topological polar surface area (TPSA) is 34.9 Å². The van der Waals surface area contributed by atoms with E-state index in [0.29, 0.717) is 5.41 Å². The van der Waals surface area contributed by atoms with Gasteiger partial charge in [0.15, 0.2) is 0 Å². The first kappa shape index (κ1) is 18.6. The number of aldehydes is 1. The molecule has 2 saturated carbocycles. The minimum absolute atomic E-state index is 0.160. The van der Waals surface area contributed by atoms with Gasteiger partial charge in [-0.3, -0.25) is 0 Å². The fraction of sp³-hybridized carbons (Fsp3) is 0.556. The standard InChI is InChI=1S/C27H32N2O/c1-26-13-11-18(16-30)15-19(26)7-8-20-21-9-10-25(27(21,2)14-12-22(20)26)29-17-28-23-5-3-4-6-24(23)29/h3-6,10,15-18,20-22H,7-9,11-14H2,1-2H3/t18?,20-,21-,22-,26-,27-/m0/s1. The van der Waals surface area contributed by atoms with Crippen LogP contribution >= 0.6 is 0 Å². The summed E-state index contributed by atoms with van der Waals surface area (Å²) in [5.41, 5.74) is 5.96. The van der Waals surface area contributed by atoms with Crippen LogP contribution in [-0.4, -0.2) is 15.8 Å². The van der Waals surface area contributed by atoms with Gasteiger partial charge in [-0.05, 0) is 80.2 Å². The molecule has 3 heteroatoms. The molecule has 3 nitrogen and oxygen atoms in total. The van der Waals surface area contributed by atoms with Crippen molar-refractivity contribution in [3.8, 4) is 0 Å². The van der Waals surface area contributed by atoms with Gasteiger partial charge in [0.25, 0.3) is 0 Å². The Hall–Kier alpha value is -2.16. The lowest BCUT2D eigenvalue weighted by Crippen LogP contribution is -2.50. The SMILES string of the molecule is C[C@]12CCC(C=O)C=C1CC[C@@H]1[C@@H]2CC[C@]2(C)C(n3cnc4ccccc43)=CC[C@@H]12. The van der Waals surface area contributed by atoms with E-state index in [4.69, 9.17) is 0 Å². The summed E-state index contributed by atoms with van der Waals surface area (Å²) in [6.45, 7) is 5.05. The number of carbonyl (C=O) groups is 1. The quantitative estimate of drug-likeness (QED) is 0.440. The predicted octanol–water partition coefficient (Wildman–Crippen LogP) is 6.27. The molecule has 6 atom stereocenters. The number of benzene rings is 1. The van der Waals surface area contributed by atoms with E-state index < -0.39 is 0 Å². The van der Waals surface area contributed by atoms with Crippen molar-refractivity contribution in [2.75, 3.05) is 0 Å². The number of aromatic nitrogens is 2. The Kier molecular flexibility index (Phi) is 3.98. The smallest absolute Gasteiger partial charge is 0.126 e. The zero-order chi connectivity index (χ0) is 20.5. The van der Waals surface area contributed by atoms with Crippen LogP contribution in [0.2, 0.25) is 0 Å². The normalized spacial score (nSPS) is 40.2. The molecule has 4 aliphatic carbocycles. The van der Waals surface area contributed by atoms with Crippen LogP contribution in [-0.2, 0) is 4.79 Å². The molecule has 0 aliphatic heterocycles. The van der Waals surface area contributed by atoms with E-state index in [2.05, 4.69) is 59.8 Å². The molecule has 1 unspecified atom stereocenters. The number of rotatable bonds is 2.